The predicted octanol–water partition coefficient (Wildman–Crippen LogP) is 1.66. The highest BCUT2D eigenvalue weighted by Gasteiger charge is 2.46. The number of hydrogen-bond donors (Lipinski definition) is 1. The quantitative estimate of drug-likeness (QED) is 0.535. The molecule has 9 nitrogen and oxygen atoms in total. The van der Waals surface area contributed by atoms with E-state index in [0.29, 0.717) is 12.4 Å². The molecule has 1 saturated carbocycles. The zero-order chi connectivity index (χ0) is 24.4. The molecule has 3 aliphatic heterocycles. The summed E-state index contributed by atoms with van der Waals surface area (Å²) in [6, 6.07) is 3.99. The lowest BCUT2D eigenvalue weighted by molar-refractivity contribution is -0.136. The summed E-state index contributed by atoms with van der Waals surface area (Å²) in [6.45, 7) is 6.49. The molecule has 4 amide bonds. The zero-order valence-electron chi connectivity index (χ0n) is 20.2. The van der Waals surface area contributed by atoms with Gasteiger partial charge in [0.1, 0.15) is 18.4 Å². The monoisotopic (exact) mass is 482 g/mol. The molecule has 0 radical (unpaired) electrons. The van der Waals surface area contributed by atoms with Crippen LogP contribution in [0.15, 0.2) is 18.2 Å². The van der Waals surface area contributed by atoms with Crippen molar-refractivity contribution < 1.29 is 23.9 Å². The minimum atomic E-state index is -0.974. The number of imide groups is 2. The van der Waals surface area contributed by atoms with Gasteiger partial charge in [0.2, 0.25) is 11.8 Å². The first kappa shape index (κ1) is 23.9. The van der Waals surface area contributed by atoms with E-state index < -0.39 is 23.8 Å². The second-order valence-electron chi connectivity index (χ2n) is 10.1. The van der Waals surface area contributed by atoms with E-state index in [1.165, 1.54) is 38.6 Å². The summed E-state index contributed by atoms with van der Waals surface area (Å²) in [6.07, 6.45) is 7.17. The maximum absolute atomic E-state index is 13.2. The van der Waals surface area contributed by atoms with Gasteiger partial charge in [-0.25, -0.2) is 0 Å². The standard InChI is InChI=1S/C26H34N4O5/c31-22-10-9-20(24(32)27-22)30-25(33)19-7-2-8-21(23(19)26(30)34)35-17-16-29-14-12-28(13-15-29)11-3-6-18-4-1-5-18/h2,7-8,18,20H,1,3-6,9-17H2,(H,27,31,32). The Morgan fingerprint density at radius 2 is 1.66 bits per heavy atom. The minimum absolute atomic E-state index is 0.0982. The molecule has 0 aromatic heterocycles. The molecule has 3 fully saturated rings. The number of piperazine rings is 1. The lowest BCUT2D eigenvalue weighted by Gasteiger charge is -2.35. The van der Waals surface area contributed by atoms with Crippen LogP contribution in [0.25, 0.3) is 0 Å². The molecule has 1 aromatic rings. The number of nitrogens with zero attached hydrogens (tertiary/aromatic N) is 3. The van der Waals surface area contributed by atoms with Crippen LogP contribution in [0.4, 0.5) is 0 Å². The van der Waals surface area contributed by atoms with E-state index in [0.717, 1.165) is 43.5 Å². The number of fused-ring (bicyclic) bond motifs is 1. The van der Waals surface area contributed by atoms with Gasteiger partial charge < -0.3 is 9.64 Å². The van der Waals surface area contributed by atoms with Gasteiger partial charge in [-0.2, -0.15) is 0 Å². The summed E-state index contributed by atoms with van der Waals surface area (Å²) >= 11 is 0. The highest BCUT2D eigenvalue weighted by molar-refractivity contribution is 6.24. The third kappa shape index (κ3) is 5.11. The number of carbonyl (C=O) groups is 4. The molecule has 35 heavy (non-hydrogen) atoms. The smallest absolute Gasteiger partial charge is 0.266 e. The van der Waals surface area contributed by atoms with Crippen molar-refractivity contribution in [1.82, 2.24) is 20.0 Å². The Morgan fingerprint density at radius 3 is 2.34 bits per heavy atom. The molecular weight excluding hydrogens is 448 g/mol. The summed E-state index contributed by atoms with van der Waals surface area (Å²) in [5, 5.41) is 2.22. The number of benzene rings is 1. The molecule has 188 valence electrons. The molecule has 1 aliphatic carbocycles. The van der Waals surface area contributed by atoms with E-state index in [4.69, 9.17) is 4.74 Å². The molecular formula is C26H34N4O5. The van der Waals surface area contributed by atoms with Gasteiger partial charge in [0.15, 0.2) is 0 Å². The number of carbonyl (C=O) groups excluding carboxylic acids is 4. The maximum atomic E-state index is 13.2. The average Bonchev–Trinajstić information content (AvgIpc) is 3.07. The second-order valence-corrected chi connectivity index (χ2v) is 10.1. The summed E-state index contributed by atoms with van der Waals surface area (Å²) < 4.78 is 5.98. The highest BCUT2D eigenvalue weighted by atomic mass is 16.5. The molecule has 2 saturated heterocycles. The van der Waals surface area contributed by atoms with Crippen LogP contribution in [0.5, 0.6) is 5.75 Å². The average molecular weight is 483 g/mol. The van der Waals surface area contributed by atoms with Crippen LogP contribution >= 0.6 is 0 Å². The number of amides is 4. The Morgan fingerprint density at radius 1 is 0.914 bits per heavy atom. The van der Waals surface area contributed by atoms with Crippen molar-refractivity contribution in [3.8, 4) is 5.75 Å². The van der Waals surface area contributed by atoms with Crippen molar-refractivity contribution in [2.24, 2.45) is 5.92 Å². The Bertz CT molecular complexity index is 999. The lowest BCUT2D eigenvalue weighted by Crippen LogP contribution is -2.54. The molecule has 4 aliphatic rings. The minimum Gasteiger partial charge on any atom is -0.491 e. The molecule has 5 rings (SSSR count). The van der Waals surface area contributed by atoms with Gasteiger partial charge in [-0.3, -0.25) is 34.3 Å². The first-order valence-corrected chi connectivity index (χ1v) is 12.9. The van der Waals surface area contributed by atoms with Crippen LogP contribution < -0.4 is 10.1 Å². The number of ether oxygens (including phenoxy) is 1. The Hall–Kier alpha value is -2.78. The predicted molar refractivity (Wildman–Crippen MR) is 128 cm³/mol. The van der Waals surface area contributed by atoms with Gasteiger partial charge in [0, 0.05) is 39.1 Å². The fourth-order valence-electron chi connectivity index (χ4n) is 5.51. The molecule has 3 heterocycles. The molecule has 0 bridgehead atoms. The van der Waals surface area contributed by atoms with Crippen molar-refractivity contribution in [3.63, 3.8) is 0 Å². The third-order valence-corrected chi connectivity index (χ3v) is 7.87. The van der Waals surface area contributed by atoms with Gasteiger partial charge >= 0.3 is 0 Å². The number of hydrogen-bond acceptors (Lipinski definition) is 7. The Labute approximate surface area is 205 Å². The molecule has 1 atom stereocenters. The van der Waals surface area contributed by atoms with Gasteiger partial charge in [-0.15, -0.1) is 0 Å². The fourth-order valence-corrected chi connectivity index (χ4v) is 5.51. The summed E-state index contributed by atoms with van der Waals surface area (Å²) in [5.74, 6) is -0.706. The molecule has 0 spiro atoms. The third-order valence-electron chi connectivity index (χ3n) is 7.87. The van der Waals surface area contributed by atoms with Crippen molar-refractivity contribution >= 4 is 23.6 Å². The lowest BCUT2D eigenvalue weighted by atomic mass is 9.82. The van der Waals surface area contributed by atoms with E-state index in [9.17, 15) is 19.2 Å². The van der Waals surface area contributed by atoms with Gasteiger partial charge in [0.05, 0.1) is 11.1 Å². The highest BCUT2D eigenvalue weighted by Crippen LogP contribution is 2.33. The van der Waals surface area contributed by atoms with Crippen LogP contribution in [-0.2, 0) is 9.59 Å². The molecule has 1 N–H and O–H groups in total. The summed E-state index contributed by atoms with van der Waals surface area (Å²) in [4.78, 5) is 55.7. The Kier molecular flexibility index (Phi) is 7.15. The molecule has 1 aromatic carbocycles. The van der Waals surface area contributed by atoms with Crippen LogP contribution in [0, 0.1) is 5.92 Å². The van der Waals surface area contributed by atoms with Gasteiger partial charge in [-0.1, -0.05) is 25.3 Å². The topological polar surface area (TPSA) is 99.3 Å². The number of piperidine rings is 1. The largest absolute Gasteiger partial charge is 0.491 e. The number of nitrogens with one attached hydrogen (secondary N) is 1. The summed E-state index contributed by atoms with van der Waals surface area (Å²) in [5.41, 5.74) is 0.450. The Balaban J connectivity index is 1.11. The van der Waals surface area contributed by atoms with E-state index >= 15 is 0 Å². The maximum Gasteiger partial charge on any atom is 0.266 e. The number of rotatable bonds is 9. The van der Waals surface area contributed by atoms with Crippen LogP contribution in [0.3, 0.4) is 0 Å². The van der Waals surface area contributed by atoms with Crippen LogP contribution in [0.1, 0.15) is 65.7 Å². The van der Waals surface area contributed by atoms with Gasteiger partial charge in [0.25, 0.3) is 11.8 Å². The van der Waals surface area contributed by atoms with E-state index in [-0.39, 0.29) is 29.9 Å². The van der Waals surface area contributed by atoms with Crippen molar-refractivity contribution in [2.75, 3.05) is 45.9 Å². The first-order chi connectivity index (χ1) is 17.0. The first-order valence-electron chi connectivity index (χ1n) is 12.9. The van der Waals surface area contributed by atoms with Crippen LogP contribution in [0.2, 0.25) is 0 Å². The second kappa shape index (κ2) is 10.5. The van der Waals surface area contributed by atoms with E-state index in [1.54, 1.807) is 18.2 Å². The van der Waals surface area contributed by atoms with Crippen molar-refractivity contribution in [1.29, 1.82) is 0 Å². The van der Waals surface area contributed by atoms with Crippen molar-refractivity contribution in [3.05, 3.63) is 29.3 Å². The van der Waals surface area contributed by atoms with Crippen LogP contribution in [-0.4, -0.2) is 90.2 Å². The zero-order valence-corrected chi connectivity index (χ0v) is 20.2. The van der Waals surface area contributed by atoms with Gasteiger partial charge in [-0.05, 0) is 43.9 Å². The summed E-state index contributed by atoms with van der Waals surface area (Å²) in [7, 11) is 0. The van der Waals surface area contributed by atoms with E-state index in [2.05, 4.69) is 15.1 Å². The molecule has 9 heteroatoms. The molecule has 1 unspecified atom stereocenters. The van der Waals surface area contributed by atoms with Crippen molar-refractivity contribution in [2.45, 2.75) is 51.0 Å². The normalized spacial score (nSPS) is 23.9. The van der Waals surface area contributed by atoms with E-state index in [1.807, 2.05) is 0 Å². The fraction of sp³-hybridized carbons (Fsp3) is 0.615. The SMILES string of the molecule is O=C1CCC(N2C(=O)c3cccc(OCCN4CCN(CCCC5CCC5)CC4)c3C2=O)C(=O)N1.